The van der Waals surface area contributed by atoms with Crippen molar-refractivity contribution < 1.29 is 9.47 Å². The Morgan fingerprint density at radius 3 is 2.37 bits per heavy atom. The predicted molar refractivity (Wildman–Crippen MR) is 78.2 cm³/mol. The lowest BCUT2D eigenvalue weighted by Gasteiger charge is -2.11. The van der Waals surface area contributed by atoms with E-state index in [4.69, 9.17) is 20.6 Å². The van der Waals surface area contributed by atoms with E-state index in [1.54, 1.807) is 25.3 Å². The number of nitrogens with two attached hydrogens (primary N) is 1. The van der Waals surface area contributed by atoms with Gasteiger partial charge in [-0.15, -0.1) is 0 Å². The van der Waals surface area contributed by atoms with E-state index in [9.17, 15) is 0 Å². The highest BCUT2D eigenvalue weighted by Gasteiger charge is 2.08. The maximum Gasteiger partial charge on any atom is 0.169 e. The molecule has 0 aliphatic rings. The Morgan fingerprint density at radius 1 is 1.11 bits per heavy atom. The maximum atomic E-state index is 7.38. The molecule has 2 rings (SSSR count). The molecule has 98 valence electrons. The molecule has 0 radical (unpaired) electrons. The summed E-state index contributed by atoms with van der Waals surface area (Å²) < 4.78 is 11.7. The van der Waals surface area contributed by atoms with Gasteiger partial charge in [-0.05, 0) is 46.3 Å². The lowest BCUT2D eigenvalue weighted by Crippen LogP contribution is -2.10. The van der Waals surface area contributed by atoms with Crippen molar-refractivity contribution in [2.24, 2.45) is 5.73 Å². The highest BCUT2D eigenvalue weighted by atomic mass is 79.9. The van der Waals surface area contributed by atoms with Crippen molar-refractivity contribution in [3.05, 3.63) is 52.5 Å². The van der Waals surface area contributed by atoms with Gasteiger partial charge in [0.2, 0.25) is 0 Å². The Balaban J connectivity index is 2.31. The van der Waals surface area contributed by atoms with Crippen molar-refractivity contribution in [1.82, 2.24) is 0 Å². The summed E-state index contributed by atoms with van der Waals surface area (Å²) in [6.07, 6.45) is 0. The smallest absolute Gasteiger partial charge is 0.169 e. The van der Waals surface area contributed by atoms with E-state index in [-0.39, 0.29) is 5.84 Å². The van der Waals surface area contributed by atoms with E-state index in [0.717, 1.165) is 4.47 Å². The van der Waals surface area contributed by atoms with Crippen LogP contribution in [0.4, 0.5) is 0 Å². The summed E-state index contributed by atoms with van der Waals surface area (Å²) in [6, 6.07) is 12.6. The summed E-state index contributed by atoms with van der Waals surface area (Å²) in [5.41, 5.74) is 6.07. The number of nitrogens with one attached hydrogen (secondary N) is 1. The predicted octanol–water partition coefficient (Wildman–Crippen LogP) is 3.53. The first kappa shape index (κ1) is 13.4. The van der Waals surface area contributed by atoms with Crippen LogP contribution in [0.1, 0.15) is 5.56 Å². The van der Waals surface area contributed by atoms with Gasteiger partial charge in [-0.2, -0.15) is 0 Å². The SMILES string of the molecule is COc1ccccc1Oc1ccc(C(=N)N)cc1Br. The van der Waals surface area contributed by atoms with Crippen LogP contribution >= 0.6 is 15.9 Å². The molecule has 5 heteroatoms. The summed E-state index contributed by atoms with van der Waals surface area (Å²) >= 11 is 3.40. The van der Waals surface area contributed by atoms with Gasteiger partial charge in [-0.25, -0.2) is 0 Å². The molecule has 0 fully saturated rings. The number of nitrogen functional groups attached to an aromatic ring is 1. The lowest BCUT2D eigenvalue weighted by molar-refractivity contribution is 0.378. The van der Waals surface area contributed by atoms with Crippen molar-refractivity contribution >= 4 is 21.8 Å². The van der Waals surface area contributed by atoms with Crippen molar-refractivity contribution in [3.63, 3.8) is 0 Å². The molecule has 0 atom stereocenters. The second-order valence-corrected chi connectivity index (χ2v) is 4.67. The van der Waals surface area contributed by atoms with Gasteiger partial charge < -0.3 is 15.2 Å². The number of benzene rings is 2. The van der Waals surface area contributed by atoms with Crippen LogP contribution in [0.25, 0.3) is 0 Å². The third-order valence-electron chi connectivity index (χ3n) is 2.53. The molecule has 0 bridgehead atoms. The Hall–Kier alpha value is -2.01. The second kappa shape index (κ2) is 5.75. The zero-order valence-corrected chi connectivity index (χ0v) is 11.9. The van der Waals surface area contributed by atoms with Crippen LogP contribution in [0.5, 0.6) is 17.2 Å². The molecule has 0 spiro atoms. The summed E-state index contributed by atoms with van der Waals surface area (Å²) in [5.74, 6) is 1.94. The first-order valence-corrected chi connectivity index (χ1v) is 6.36. The number of hydrogen-bond donors (Lipinski definition) is 2. The normalized spacial score (nSPS) is 10.0. The summed E-state index contributed by atoms with van der Waals surface area (Å²) in [4.78, 5) is 0. The molecule has 0 saturated carbocycles. The lowest BCUT2D eigenvalue weighted by atomic mass is 10.2. The van der Waals surface area contributed by atoms with Crippen LogP contribution in [0, 0.1) is 5.41 Å². The molecule has 0 aliphatic carbocycles. The van der Waals surface area contributed by atoms with Gasteiger partial charge in [-0.1, -0.05) is 12.1 Å². The Labute approximate surface area is 119 Å². The van der Waals surface area contributed by atoms with E-state index in [0.29, 0.717) is 22.8 Å². The second-order valence-electron chi connectivity index (χ2n) is 3.81. The molecule has 0 aromatic heterocycles. The van der Waals surface area contributed by atoms with Crippen molar-refractivity contribution in [3.8, 4) is 17.2 Å². The fraction of sp³-hybridized carbons (Fsp3) is 0.0714. The Bertz CT molecular complexity index is 614. The van der Waals surface area contributed by atoms with Crippen LogP contribution in [0.3, 0.4) is 0 Å². The number of amidine groups is 1. The molecule has 0 unspecified atom stereocenters. The number of methoxy groups -OCH3 is 1. The average molecular weight is 321 g/mol. The number of ether oxygens (including phenoxy) is 2. The monoisotopic (exact) mass is 320 g/mol. The number of para-hydroxylation sites is 2. The number of halogens is 1. The Kier molecular flexibility index (Phi) is 4.06. The zero-order valence-electron chi connectivity index (χ0n) is 10.3. The van der Waals surface area contributed by atoms with Gasteiger partial charge in [0.1, 0.15) is 11.6 Å². The van der Waals surface area contributed by atoms with Gasteiger partial charge in [0.05, 0.1) is 11.6 Å². The van der Waals surface area contributed by atoms with Crippen molar-refractivity contribution in [2.75, 3.05) is 7.11 Å². The van der Waals surface area contributed by atoms with Crippen LogP contribution in [0.2, 0.25) is 0 Å². The van der Waals surface area contributed by atoms with E-state index in [1.807, 2.05) is 24.3 Å². The Morgan fingerprint density at radius 2 is 1.79 bits per heavy atom. The molecule has 0 heterocycles. The van der Waals surface area contributed by atoms with E-state index >= 15 is 0 Å². The van der Waals surface area contributed by atoms with E-state index < -0.39 is 0 Å². The van der Waals surface area contributed by atoms with Crippen LogP contribution < -0.4 is 15.2 Å². The first-order valence-electron chi connectivity index (χ1n) is 5.56. The molecule has 19 heavy (non-hydrogen) atoms. The molecule has 0 amide bonds. The maximum absolute atomic E-state index is 7.38. The largest absolute Gasteiger partial charge is 0.493 e. The first-order chi connectivity index (χ1) is 9.11. The van der Waals surface area contributed by atoms with Gasteiger partial charge in [0.15, 0.2) is 11.5 Å². The highest BCUT2D eigenvalue weighted by molar-refractivity contribution is 9.10. The van der Waals surface area contributed by atoms with Gasteiger partial charge in [0, 0.05) is 5.56 Å². The minimum absolute atomic E-state index is 0.0181. The molecule has 0 aliphatic heterocycles. The van der Waals surface area contributed by atoms with E-state index in [2.05, 4.69) is 15.9 Å². The molecule has 2 aromatic carbocycles. The minimum atomic E-state index is 0.0181. The fourth-order valence-electron chi connectivity index (χ4n) is 1.57. The van der Waals surface area contributed by atoms with Gasteiger partial charge >= 0.3 is 0 Å². The van der Waals surface area contributed by atoms with Crippen LogP contribution in [-0.4, -0.2) is 12.9 Å². The highest BCUT2D eigenvalue weighted by Crippen LogP contribution is 2.35. The molecule has 2 aromatic rings. The third kappa shape index (κ3) is 3.06. The van der Waals surface area contributed by atoms with Gasteiger partial charge in [-0.3, -0.25) is 5.41 Å². The summed E-state index contributed by atoms with van der Waals surface area (Å²) in [5, 5.41) is 7.38. The standard InChI is InChI=1S/C14H13BrN2O2/c1-18-12-4-2-3-5-13(12)19-11-7-6-9(14(16)17)8-10(11)15/h2-8H,1H3,(H3,16,17). The van der Waals surface area contributed by atoms with Crippen LogP contribution in [0.15, 0.2) is 46.9 Å². The minimum Gasteiger partial charge on any atom is -0.493 e. The van der Waals surface area contributed by atoms with Gasteiger partial charge in [0.25, 0.3) is 0 Å². The number of rotatable bonds is 4. The van der Waals surface area contributed by atoms with E-state index in [1.165, 1.54) is 0 Å². The molecule has 0 saturated heterocycles. The molecular formula is C14H13BrN2O2. The fourth-order valence-corrected chi connectivity index (χ4v) is 2.03. The third-order valence-corrected chi connectivity index (χ3v) is 3.15. The molecule has 4 nitrogen and oxygen atoms in total. The molecular weight excluding hydrogens is 308 g/mol. The topological polar surface area (TPSA) is 68.3 Å². The average Bonchev–Trinajstić information content (AvgIpc) is 2.41. The summed E-state index contributed by atoms with van der Waals surface area (Å²) in [7, 11) is 1.59. The van der Waals surface area contributed by atoms with Crippen molar-refractivity contribution in [1.29, 1.82) is 5.41 Å². The quantitative estimate of drug-likeness (QED) is 0.668. The molecule has 3 N–H and O–H groups in total. The zero-order chi connectivity index (χ0) is 13.8. The van der Waals surface area contributed by atoms with Crippen molar-refractivity contribution in [2.45, 2.75) is 0 Å². The number of hydrogen-bond acceptors (Lipinski definition) is 3. The van der Waals surface area contributed by atoms with Crippen LogP contribution in [-0.2, 0) is 0 Å². The summed E-state index contributed by atoms with van der Waals surface area (Å²) in [6.45, 7) is 0.